The maximum Gasteiger partial charge on any atom is 0.305 e. The van der Waals surface area contributed by atoms with Crippen LogP contribution in [0.25, 0.3) is 0 Å². The molecule has 7 heteroatoms. The monoisotopic (exact) mass is 514 g/mol. The molecule has 0 rings (SSSR count). The molecule has 0 saturated carbocycles. The van der Waals surface area contributed by atoms with Gasteiger partial charge < -0.3 is 20.3 Å². The van der Waals surface area contributed by atoms with Crippen LogP contribution >= 0.6 is 0 Å². The summed E-state index contributed by atoms with van der Waals surface area (Å²) in [5.41, 5.74) is -0.932. The first kappa shape index (κ1) is 33.8. The van der Waals surface area contributed by atoms with Gasteiger partial charge in [-0.05, 0) is 38.5 Å². The van der Waals surface area contributed by atoms with Gasteiger partial charge in [-0.3, -0.25) is 15.0 Å². The molecule has 0 aliphatic heterocycles. The van der Waals surface area contributed by atoms with E-state index in [1.165, 1.54) is 0 Å². The standard InChI is InChI=1S/C30H46N2O5/c1-4-5-6-7-8-9-10-11-12-13-14-15-16-17-18-19-20-21-22-26(31)37-25-30(2,3)28(35)29(36)32-24-23-27(33)34/h5-6,8-9,11-12,14-15,17-18,20-21,28,31,35H,4,7,10,13,16,19,22-25H2,1-3H3,(H,32,36)(H,33,34)/b6-5-,9-8-,12-11-,15-14-,18-17-,21-20-,31-26?/t28-/m0/s1. The molecule has 0 saturated heterocycles. The molecule has 0 unspecified atom stereocenters. The predicted octanol–water partition coefficient (Wildman–Crippen LogP) is 6.05. The summed E-state index contributed by atoms with van der Waals surface area (Å²) in [4.78, 5) is 22.5. The topological polar surface area (TPSA) is 120 Å². The molecule has 0 aliphatic carbocycles. The average molecular weight is 515 g/mol. The van der Waals surface area contributed by atoms with E-state index in [4.69, 9.17) is 15.3 Å². The highest BCUT2D eigenvalue weighted by Gasteiger charge is 2.34. The zero-order valence-electron chi connectivity index (χ0n) is 22.7. The first-order valence-electron chi connectivity index (χ1n) is 13.0. The lowest BCUT2D eigenvalue weighted by Gasteiger charge is -2.29. The summed E-state index contributed by atoms with van der Waals surface area (Å²) in [6.07, 6.45) is 29.7. The van der Waals surface area contributed by atoms with Crippen molar-refractivity contribution >= 4 is 17.8 Å². The highest BCUT2D eigenvalue weighted by molar-refractivity contribution is 5.82. The van der Waals surface area contributed by atoms with Crippen molar-refractivity contribution in [1.29, 1.82) is 5.41 Å². The molecule has 0 aromatic carbocycles. The van der Waals surface area contributed by atoms with Gasteiger partial charge in [0.1, 0.15) is 6.10 Å². The first-order chi connectivity index (χ1) is 17.7. The Morgan fingerprint density at radius 1 is 0.838 bits per heavy atom. The molecule has 0 radical (unpaired) electrons. The minimum absolute atomic E-state index is 0.0119. The number of carboxylic acid groups (broad SMARTS) is 1. The molecule has 7 nitrogen and oxygen atoms in total. The largest absolute Gasteiger partial charge is 0.481 e. The van der Waals surface area contributed by atoms with Crippen LogP contribution in [0.4, 0.5) is 0 Å². The van der Waals surface area contributed by atoms with Crippen molar-refractivity contribution in [2.24, 2.45) is 5.41 Å². The fraction of sp³-hybridized carbons (Fsp3) is 0.500. The molecule has 37 heavy (non-hydrogen) atoms. The predicted molar refractivity (Wildman–Crippen MR) is 152 cm³/mol. The summed E-state index contributed by atoms with van der Waals surface area (Å²) in [7, 11) is 0. The molecule has 0 bridgehead atoms. The number of carboxylic acids is 1. The summed E-state index contributed by atoms with van der Waals surface area (Å²) < 4.78 is 5.41. The second-order valence-corrected chi connectivity index (χ2v) is 9.16. The average Bonchev–Trinajstić information content (AvgIpc) is 2.86. The van der Waals surface area contributed by atoms with E-state index in [1.807, 2.05) is 12.2 Å². The summed E-state index contributed by atoms with van der Waals surface area (Å²) in [5, 5.41) is 29.1. The van der Waals surface area contributed by atoms with Crippen molar-refractivity contribution in [2.75, 3.05) is 13.2 Å². The molecule has 0 heterocycles. The number of aliphatic carboxylic acids is 1. The van der Waals surface area contributed by atoms with Crippen LogP contribution in [-0.4, -0.2) is 47.2 Å². The van der Waals surface area contributed by atoms with Gasteiger partial charge >= 0.3 is 5.97 Å². The number of rotatable bonds is 20. The number of hydrogen-bond donors (Lipinski definition) is 4. The van der Waals surface area contributed by atoms with Gasteiger partial charge in [0.2, 0.25) is 5.91 Å². The van der Waals surface area contributed by atoms with Crippen LogP contribution in [0.5, 0.6) is 0 Å². The number of allylic oxidation sites excluding steroid dienone is 11. The summed E-state index contributed by atoms with van der Waals surface area (Å²) >= 11 is 0. The second kappa shape index (κ2) is 22.0. The minimum Gasteiger partial charge on any atom is -0.481 e. The highest BCUT2D eigenvalue weighted by atomic mass is 16.5. The smallest absolute Gasteiger partial charge is 0.305 e. The molecule has 206 valence electrons. The fourth-order valence-corrected chi connectivity index (χ4v) is 2.87. The Morgan fingerprint density at radius 3 is 1.70 bits per heavy atom. The van der Waals surface area contributed by atoms with Crippen LogP contribution in [-0.2, 0) is 14.3 Å². The quantitative estimate of drug-likeness (QED) is 0.0896. The van der Waals surface area contributed by atoms with Crippen molar-refractivity contribution in [2.45, 2.75) is 78.2 Å². The van der Waals surface area contributed by atoms with Gasteiger partial charge in [0.15, 0.2) is 5.90 Å². The third kappa shape index (κ3) is 20.7. The molecule has 0 aromatic rings. The van der Waals surface area contributed by atoms with Crippen molar-refractivity contribution in [3.63, 3.8) is 0 Å². The van der Waals surface area contributed by atoms with Gasteiger partial charge in [-0.15, -0.1) is 0 Å². The Morgan fingerprint density at radius 2 is 1.27 bits per heavy atom. The summed E-state index contributed by atoms with van der Waals surface area (Å²) in [5.74, 6) is -1.63. The van der Waals surface area contributed by atoms with E-state index in [0.29, 0.717) is 6.42 Å². The number of aliphatic hydroxyl groups excluding tert-OH is 1. The number of hydrogen-bond acceptors (Lipinski definition) is 5. The van der Waals surface area contributed by atoms with Crippen molar-refractivity contribution in [3.05, 3.63) is 72.9 Å². The van der Waals surface area contributed by atoms with Gasteiger partial charge in [0.25, 0.3) is 0 Å². The Labute approximate surface area is 222 Å². The van der Waals surface area contributed by atoms with Crippen LogP contribution in [0.1, 0.15) is 72.1 Å². The number of amides is 1. The number of carbonyl (C=O) groups is 2. The van der Waals surface area contributed by atoms with Gasteiger partial charge in [-0.1, -0.05) is 93.7 Å². The lowest BCUT2D eigenvalue weighted by Crippen LogP contribution is -2.46. The SMILES string of the molecule is CC/C=C\C/C=C\C/C=C\C/C=C\C/C=C\C/C=C\CC(=N)OCC(C)(C)[C@@H](O)C(=O)NCCC(=O)O. The first-order valence-corrected chi connectivity index (χ1v) is 13.0. The van der Waals surface area contributed by atoms with Crippen molar-refractivity contribution < 1.29 is 24.5 Å². The van der Waals surface area contributed by atoms with Gasteiger partial charge in [-0.2, -0.15) is 0 Å². The molecule has 1 atom stereocenters. The van der Waals surface area contributed by atoms with Crippen LogP contribution < -0.4 is 5.32 Å². The lowest BCUT2D eigenvalue weighted by molar-refractivity contribution is -0.138. The summed E-state index contributed by atoms with van der Waals surface area (Å²) in [6.45, 7) is 5.37. The van der Waals surface area contributed by atoms with Crippen molar-refractivity contribution in [3.8, 4) is 0 Å². The lowest BCUT2D eigenvalue weighted by atomic mass is 9.87. The number of nitrogens with one attached hydrogen (secondary N) is 2. The second-order valence-electron chi connectivity index (χ2n) is 9.16. The van der Waals surface area contributed by atoms with E-state index >= 15 is 0 Å². The third-order valence-corrected chi connectivity index (χ3v) is 5.14. The molecule has 0 aliphatic rings. The van der Waals surface area contributed by atoms with Gasteiger partial charge in [-0.25, -0.2) is 0 Å². The van der Waals surface area contributed by atoms with E-state index in [1.54, 1.807) is 13.8 Å². The Kier molecular flexibility index (Phi) is 20.1. The normalized spacial score (nSPS) is 13.6. The highest BCUT2D eigenvalue weighted by Crippen LogP contribution is 2.21. The maximum absolute atomic E-state index is 12.0. The van der Waals surface area contributed by atoms with E-state index in [2.05, 4.69) is 73.0 Å². The molecule has 0 aromatic heterocycles. The molecule has 0 spiro atoms. The van der Waals surface area contributed by atoms with Crippen LogP contribution in [0.3, 0.4) is 0 Å². The molecular formula is C30H46N2O5. The molecular weight excluding hydrogens is 468 g/mol. The molecule has 4 N–H and O–H groups in total. The van der Waals surface area contributed by atoms with E-state index in [9.17, 15) is 14.7 Å². The maximum atomic E-state index is 12.0. The van der Waals surface area contributed by atoms with Gasteiger partial charge in [0, 0.05) is 18.4 Å². The molecule has 0 fully saturated rings. The number of aliphatic hydroxyl groups is 1. The zero-order valence-corrected chi connectivity index (χ0v) is 22.7. The molecule has 1 amide bonds. The summed E-state index contributed by atoms with van der Waals surface area (Å²) in [6, 6.07) is 0. The number of carbonyl (C=O) groups excluding carboxylic acids is 1. The van der Waals surface area contributed by atoms with E-state index < -0.39 is 23.4 Å². The van der Waals surface area contributed by atoms with Gasteiger partial charge in [0.05, 0.1) is 13.0 Å². The Hall–Kier alpha value is -3.19. The van der Waals surface area contributed by atoms with Crippen LogP contribution in [0, 0.1) is 10.8 Å². The van der Waals surface area contributed by atoms with Crippen LogP contribution in [0.15, 0.2) is 72.9 Å². The minimum atomic E-state index is -1.38. The van der Waals surface area contributed by atoms with E-state index in [-0.39, 0.29) is 25.5 Å². The van der Waals surface area contributed by atoms with Crippen LogP contribution in [0.2, 0.25) is 0 Å². The third-order valence-electron chi connectivity index (χ3n) is 5.14. The fourth-order valence-electron chi connectivity index (χ4n) is 2.87. The Bertz CT molecular complexity index is 835. The van der Waals surface area contributed by atoms with Crippen molar-refractivity contribution in [1.82, 2.24) is 5.32 Å². The zero-order chi connectivity index (χ0) is 27.8. The Balaban J connectivity index is 3.99. The number of ether oxygens (including phenoxy) is 1. The van der Waals surface area contributed by atoms with E-state index in [0.717, 1.165) is 38.5 Å².